The monoisotopic (exact) mass is 487 g/mol. The van der Waals surface area contributed by atoms with Crippen LogP contribution in [0.5, 0.6) is 0 Å². The summed E-state index contributed by atoms with van der Waals surface area (Å²) in [5.41, 5.74) is 3.70. The third-order valence-electron chi connectivity index (χ3n) is 6.06. The van der Waals surface area contributed by atoms with E-state index in [4.69, 9.17) is 0 Å². The van der Waals surface area contributed by atoms with Gasteiger partial charge >= 0.3 is 0 Å². The Morgan fingerprint density at radius 2 is 1.67 bits per heavy atom. The molecule has 0 bridgehead atoms. The number of nitrogens with one attached hydrogen (secondary N) is 2. The summed E-state index contributed by atoms with van der Waals surface area (Å²) < 4.78 is 28.8. The minimum Gasteiger partial charge on any atom is -0.341 e. The first-order valence-corrected chi connectivity index (χ1v) is 13.5. The van der Waals surface area contributed by atoms with Gasteiger partial charge in [0.25, 0.3) is 10.0 Å². The molecule has 33 heavy (non-hydrogen) atoms. The lowest BCUT2D eigenvalue weighted by Crippen LogP contribution is -2.45. The molecule has 1 saturated heterocycles. The van der Waals surface area contributed by atoms with E-state index in [2.05, 4.69) is 10.0 Å². The Morgan fingerprint density at radius 1 is 1.03 bits per heavy atom. The number of anilines is 2. The van der Waals surface area contributed by atoms with Crippen molar-refractivity contribution in [2.75, 3.05) is 23.1 Å². The van der Waals surface area contributed by atoms with E-state index in [0.29, 0.717) is 29.4 Å². The van der Waals surface area contributed by atoms with Crippen molar-refractivity contribution < 1.29 is 18.0 Å². The van der Waals surface area contributed by atoms with E-state index in [1.165, 1.54) is 23.9 Å². The van der Waals surface area contributed by atoms with Crippen molar-refractivity contribution in [3.63, 3.8) is 0 Å². The zero-order chi connectivity index (χ0) is 23.8. The molecule has 1 atom stereocenters. The summed E-state index contributed by atoms with van der Waals surface area (Å²) in [5, 5.41) is 1.90. The lowest BCUT2D eigenvalue weighted by molar-refractivity contribution is -0.133. The molecule has 2 aromatic rings. The van der Waals surface area contributed by atoms with Gasteiger partial charge in [-0.05, 0) is 62.9 Å². The van der Waals surface area contributed by atoms with Gasteiger partial charge in [0, 0.05) is 18.0 Å². The standard InChI is InChI=1S/C24H29N3O4S2/c1-15-12-16(2)21(17(3)13-15)26-33(30,31)18-8-9-20-19(14-18)25-23(28)22(32-20)24(29)27-10-6-4-5-7-11-27/h8-9,12-14,22,26H,4-7,10-11H2,1-3H3,(H,25,28)/t22-/m0/s1. The molecule has 0 radical (unpaired) electrons. The quantitative estimate of drug-likeness (QED) is 0.630. The number of hydrogen-bond acceptors (Lipinski definition) is 5. The average Bonchev–Trinajstić information content (AvgIpc) is 3.04. The normalized spacial score (nSPS) is 18.8. The fraction of sp³-hybridized carbons (Fsp3) is 0.417. The van der Waals surface area contributed by atoms with Gasteiger partial charge in [0.1, 0.15) is 0 Å². The summed E-state index contributed by atoms with van der Waals surface area (Å²) in [5.74, 6) is -0.580. The number of thioether (sulfide) groups is 1. The van der Waals surface area contributed by atoms with Crippen molar-refractivity contribution in [1.29, 1.82) is 0 Å². The second-order valence-electron chi connectivity index (χ2n) is 8.76. The zero-order valence-electron chi connectivity index (χ0n) is 19.1. The minimum absolute atomic E-state index is 0.0545. The molecule has 176 valence electrons. The Bertz CT molecular complexity index is 1180. The summed E-state index contributed by atoms with van der Waals surface area (Å²) in [6.45, 7) is 7.05. The molecular formula is C24H29N3O4S2. The van der Waals surface area contributed by atoms with E-state index in [9.17, 15) is 18.0 Å². The predicted octanol–water partition coefficient (Wildman–Crippen LogP) is 4.23. The number of rotatable bonds is 4. The van der Waals surface area contributed by atoms with Gasteiger partial charge in [0.2, 0.25) is 11.8 Å². The SMILES string of the molecule is Cc1cc(C)c(NS(=O)(=O)c2ccc3c(c2)NC(=O)[C@@H](C(=O)N2CCCCCC2)S3)c(C)c1. The predicted molar refractivity (Wildman–Crippen MR) is 131 cm³/mol. The van der Waals surface area contributed by atoms with Crippen LogP contribution >= 0.6 is 11.8 Å². The summed E-state index contributed by atoms with van der Waals surface area (Å²) in [7, 11) is -3.86. The van der Waals surface area contributed by atoms with Crippen LogP contribution in [0.25, 0.3) is 0 Å². The van der Waals surface area contributed by atoms with Gasteiger partial charge in [-0.25, -0.2) is 8.42 Å². The first-order valence-electron chi connectivity index (χ1n) is 11.2. The number of sulfonamides is 1. The van der Waals surface area contributed by atoms with Crippen LogP contribution < -0.4 is 10.0 Å². The van der Waals surface area contributed by atoms with Crippen LogP contribution in [-0.2, 0) is 19.6 Å². The van der Waals surface area contributed by atoms with Crippen LogP contribution in [-0.4, -0.2) is 43.5 Å². The summed E-state index contributed by atoms with van der Waals surface area (Å²) in [6.07, 6.45) is 4.11. The highest BCUT2D eigenvalue weighted by molar-refractivity contribution is 8.01. The fourth-order valence-electron chi connectivity index (χ4n) is 4.41. The summed E-state index contributed by atoms with van der Waals surface area (Å²) in [6, 6.07) is 8.48. The van der Waals surface area contributed by atoms with E-state index in [0.717, 1.165) is 42.4 Å². The molecule has 0 spiro atoms. The zero-order valence-corrected chi connectivity index (χ0v) is 20.7. The number of aryl methyl sites for hydroxylation is 3. The van der Waals surface area contributed by atoms with Crippen LogP contribution in [0.4, 0.5) is 11.4 Å². The van der Waals surface area contributed by atoms with Crippen LogP contribution in [0.3, 0.4) is 0 Å². The smallest absolute Gasteiger partial charge is 0.261 e. The number of carbonyl (C=O) groups excluding carboxylic acids is 2. The molecule has 0 saturated carbocycles. The van der Waals surface area contributed by atoms with Gasteiger partial charge in [0.05, 0.1) is 16.3 Å². The van der Waals surface area contributed by atoms with Gasteiger partial charge in [-0.3, -0.25) is 14.3 Å². The van der Waals surface area contributed by atoms with E-state index < -0.39 is 21.2 Å². The van der Waals surface area contributed by atoms with Crippen molar-refractivity contribution in [3.05, 3.63) is 47.0 Å². The van der Waals surface area contributed by atoms with E-state index in [-0.39, 0.29) is 10.8 Å². The highest BCUT2D eigenvalue weighted by Gasteiger charge is 2.36. The number of fused-ring (bicyclic) bond motifs is 1. The van der Waals surface area contributed by atoms with Gasteiger partial charge in [-0.15, -0.1) is 11.8 Å². The van der Waals surface area contributed by atoms with E-state index in [1.807, 2.05) is 32.9 Å². The number of benzene rings is 2. The molecular weight excluding hydrogens is 458 g/mol. The topological polar surface area (TPSA) is 95.6 Å². The number of amides is 2. The maximum Gasteiger partial charge on any atom is 0.261 e. The van der Waals surface area contributed by atoms with E-state index in [1.54, 1.807) is 11.0 Å². The largest absolute Gasteiger partial charge is 0.341 e. The van der Waals surface area contributed by atoms with Crippen LogP contribution in [0.2, 0.25) is 0 Å². The highest BCUT2D eigenvalue weighted by Crippen LogP contribution is 2.38. The van der Waals surface area contributed by atoms with Crippen molar-refractivity contribution in [1.82, 2.24) is 4.90 Å². The fourth-order valence-corrected chi connectivity index (χ4v) is 6.69. The highest BCUT2D eigenvalue weighted by atomic mass is 32.2. The van der Waals surface area contributed by atoms with Crippen molar-refractivity contribution in [3.8, 4) is 0 Å². The lowest BCUT2D eigenvalue weighted by atomic mass is 10.1. The molecule has 0 unspecified atom stereocenters. The third-order valence-corrected chi connectivity index (χ3v) is 8.67. The van der Waals surface area contributed by atoms with Crippen LogP contribution in [0, 0.1) is 20.8 Å². The minimum atomic E-state index is -3.86. The number of carbonyl (C=O) groups is 2. The Balaban J connectivity index is 1.55. The molecule has 2 amide bonds. The average molecular weight is 488 g/mol. The van der Waals surface area contributed by atoms with Crippen LogP contribution in [0.15, 0.2) is 40.1 Å². The molecule has 2 aliphatic rings. The number of hydrogen-bond donors (Lipinski definition) is 2. The Kier molecular flexibility index (Phi) is 6.72. The van der Waals surface area contributed by atoms with Gasteiger partial charge < -0.3 is 10.2 Å². The summed E-state index contributed by atoms with van der Waals surface area (Å²) in [4.78, 5) is 28.3. The first kappa shape index (κ1) is 23.6. The molecule has 2 heterocycles. The van der Waals surface area contributed by atoms with Gasteiger partial charge in [-0.1, -0.05) is 30.5 Å². The molecule has 7 nitrogen and oxygen atoms in total. The number of nitrogens with zero attached hydrogens (tertiary/aromatic N) is 1. The van der Waals surface area contributed by atoms with E-state index >= 15 is 0 Å². The second-order valence-corrected chi connectivity index (χ2v) is 11.6. The molecule has 0 aromatic heterocycles. The van der Waals surface area contributed by atoms with Crippen molar-refractivity contribution in [2.45, 2.75) is 61.5 Å². The van der Waals surface area contributed by atoms with Crippen molar-refractivity contribution >= 4 is 45.0 Å². The Labute approximate surface area is 199 Å². The van der Waals surface area contributed by atoms with Gasteiger partial charge in [-0.2, -0.15) is 0 Å². The molecule has 2 aliphatic heterocycles. The maximum absolute atomic E-state index is 13.1. The molecule has 2 aromatic carbocycles. The molecule has 9 heteroatoms. The molecule has 4 rings (SSSR count). The first-order chi connectivity index (χ1) is 15.7. The molecule has 1 fully saturated rings. The molecule has 0 aliphatic carbocycles. The third kappa shape index (κ3) is 5.04. The van der Waals surface area contributed by atoms with Gasteiger partial charge in [0.15, 0.2) is 5.25 Å². The van der Waals surface area contributed by atoms with Crippen LogP contribution in [0.1, 0.15) is 42.4 Å². The second kappa shape index (κ2) is 9.38. The Hall–Kier alpha value is -2.52. The Morgan fingerprint density at radius 3 is 2.30 bits per heavy atom. The molecule has 2 N–H and O–H groups in total. The van der Waals surface area contributed by atoms with Crippen molar-refractivity contribution in [2.24, 2.45) is 0 Å². The lowest BCUT2D eigenvalue weighted by Gasteiger charge is -2.29. The number of likely N-dealkylation sites (tertiary alicyclic amines) is 1. The maximum atomic E-state index is 13.1. The summed E-state index contributed by atoms with van der Waals surface area (Å²) >= 11 is 1.18.